The molecule has 0 bridgehead atoms. The second-order valence-electron chi connectivity index (χ2n) is 4.24. The molecule has 3 heteroatoms. The van der Waals surface area contributed by atoms with Crippen molar-refractivity contribution in [3.05, 3.63) is 33.3 Å². The first-order valence-electron chi connectivity index (χ1n) is 6.17. The van der Waals surface area contributed by atoms with Gasteiger partial charge in [0, 0.05) is 11.1 Å². The van der Waals surface area contributed by atoms with Crippen LogP contribution in [-0.4, -0.2) is 19.8 Å². The van der Waals surface area contributed by atoms with E-state index >= 15 is 0 Å². The SMILES string of the molecule is CCNC(COCC)c1cc(C)c(Br)c(C)c1. The maximum absolute atomic E-state index is 5.54. The van der Waals surface area contributed by atoms with Crippen LogP contribution in [0.25, 0.3) is 0 Å². The highest BCUT2D eigenvalue weighted by Gasteiger charge is 2.12. The highest BCUT2D eigenvalue weighted by molar-refractivity contribution is 9.10. The van der Waals surface area contributed by atoms with Crippen LogP contribution in [0.3, 0.4) is 0 Å². The van der Waals surface area contributed by atoms with E-state index in [1.807, 2.05) is 6.92 Å². The molecule has 0 aliphatic carbocycles. The molecule has 1 aromatic carbocycles. The Bertz CT molecular complexity index is 342. The molecule has 0 spiro atoms. The summed E-state index contributed by atoms with van der Waals surface area (Å²) in [6, 6.07) is 4.73. The van der Waals surface area contributed by atoms with Crippen LogP contribution in [0.1, 0.15) is 36.6 Å². The zero-order valence-corrected chi connectivity index (χ0v) is 12.7. The summed E-state index contributed by atoms with van der Waals surface area (Å²) in [6.07, 6.45) is 0. The van der Waals surface area contributed by atoms with E-state index in [1.165, 1.54) is 21.2 Å². The highest BCUT2D eigenvalue weighted by Crippen LogP contribution is 2.25. The first-order valence-corrected chi connectivity index (χ1v) is 6.97. The van der Waals surface area contributed by atoms with E-state index in [-0.39, 0.29) is 6.04 Å². The van der Waals surface area contributed by atoms with Gasteiger partial charge in [-0.2, -0.15) is 0 Å². The summed E-state index contributed by atoms with van der Waals surface area (Å²) >= 11 is 3.60. The van der Waals surface area contributed by atoms with E-state index in [1.54, 1.807) is 0 Å². The summed E-state index contributed by atoms with van der Waals surface area (Å²) in [7, 11) is 0. The number of hydrogen-bond donors (Lipinski definition) is 1. The second kappa shape index (κ2) is 7.14. The average molecular weight is 300 g/mol. The number of aryl methyl sites for hydroxylation is 2. The third-order valence-electron chi connectivity index (χ3n) is 2.80. The van der Waals surface area contributed by atoms with Crippen molar-refractivity contribution in [2.45, 2.75) is 33.7 Å². The molecule has 1 aromatic rings. The summed E-state index contributed by atoms with van der Waals surface area (Å²) in [4.78, 5) is 0. The molecule has 0 aliphatic heterocycles. The minimum atomic E-state index is 0.283. The van der Waals surface area contributed by atoms with Gasteiger partial charge in [-0.05, 0) is 44.0 Å². The minimum absolute atomic E-state index is 0.283. The van der Waals surface area contributed by atoms with Crippen LogP contribution in [0, 0.1) is 13.8 Å². The largest absolute Gasteiger partial charge is 0.380 e. The summed E-state index contributed by atoms with van der Waals surface area (Å²) in [5, 5.41) is 3.47. The van der Waals surface area contributed by atoms with Crippen LogP contribution in [0.2, 0.25) is 0 Å². The fourth-order valence-corrected chi connectivity index (χ4v) is 2.16. The van der Waals surface area contributed by atoms with Gasteiger partial charge >= 0.3 is 0 Å². The predicted molar refractivity (Wildman–Crippen MR) is 76.5 cm³/mol. The summed E-state index contributed by atoms with van der Waals surface area (Å²) in [5.41, 5.74) is 3.86. The summed E-state index contributed by atoms with van der Waals surface area (Å²) in [6.45, 7) is 10.8. The van der Waals surface area contributed by atoms with Crippen molar-refractivity contribution in [3.8, 4) is 0 Å². The number of likely N-dealkylation sites (N-methyl/N-ethyl adjacent to an activating group) is 1. The van der Waals surface area contributed by atoms with E-state index in [9.17, 15) is 0 Å². The summed E-state index contributed by atoms with van der Waals surface area (Å²) in [5.74, 6) is 0. The fraction of sp³-hybridized carbons (Fsp3) is 0.571. The van der Waals surface area contributed by atoms with Gasteiger partial charge in [0.05, 0.1) is 12.6 Å². The van der Waals surface area contributed by atoms with Crippen molar-refractivity contribution in [1.29, 1.82) is 0 Å². The number of hydrogen-bond acceptors (Lipinski definition) is 2. The standard InChI is InChI=1S/C14H22BrNO/c1-5-16-13(9-17-6-2)12-7-10(3)14(15)11(4)8-12/h7-8,13,16H,5-6,9H2,1-4H3. The minimum Gasteiger partial charge on any atom is -0.380 e. The molecule has 0 amide bonds. The lowest BCUT2D eigenvalue weighted by atomic mass is 10.0. The van der Waals surface area contributed by atoms with Gasteiger partial charge in [0.1, 0.15) is 0 Å². The van der Waals surface area contributed by atoms with Crippen molar-refractivity contribution < 1.29 is 4.74 Å². The third kappa shape index (κ3) is 4.09. The number of halogens is 1. The van der Waals surface area contributed by atoms with E-state index in [4.69, 9.17) is 4.74 Å². The number of ether oxygens (including phenoxy) is 1. The van der Waals surface area contributed by atoms with Crippen LogP contribution in [0.5, 0.6) is 0 Å². The Kier molecular flexibility index (Phi) is 6.17. The lowest BCUT2D eigenvalue weighted by Crippen LogP contribution is -2.25. The van der Waals surface area contributed by atoms with Gasteiger partial charge < -0.3 is 10.1 Å². The van der Waals surface area contributed by atoms with Gasteiger partial charge in [-0.3, -0.25) is 0 Å². The Morgan fingerprint density at radius 3 is 2.29 bits per heavy atom. The van der Waals surface area contributed by atoms with Gasteiger partial charge in [0.15, 0.2) is 0 Å². The maximum Gasteiger partial charge on any atom is 0.0661 e. The molecule has 0 heterocycles. The molecule has 0 saturated carbocycles. The molecule has 1 N–H and O–H groups in total. The average Bonchev–Trinajstić information content (AvgIpc) is 2.31. The molecular formula is C14H22BrNO. The van der Waals surface area contributed by atoms with Gasteiger partial charge in [-0.15, -0.1) is 0 Å². The molecule has 2 nitrogen and oxygen atoms in total. The Labute approximate surface area is 113 Å². The zero-order chi connectivity index (χ0) is 12.8. The monoisotopic (exact) mass is 299 g/mol. The number of nitrogens with one attached hydrogen (secondary N) is 1. The zero-order valence-electron chi connectivity index (χ0n) is 11.1. The van der Waals surface area contributed by atoms with Crippen LogP contribution < -0.4 is 5.32 Å². The normalized spacial score (nSPS) is 12.8. The van der Waals surface area contributed by atoms with Crippen LogP contribution >= 0.6 is 15.9 Å². The lowest BCUT2D eigenvalue weighted by molar-refractivity contribution is 0.123. The second-order valence-corrected chi connectivity index (χ2v) is 5.03. The molecule has 1 unspecified atom stereocenters. The lowest BCUT2D eigenvalue weighted by Gasteiger charge is -2.20. The Hall–Kier alpha value is -0.380. The third-order valence-corrected chi connectivity index (χ3v) is 4.05. The Balaban J connectivity index is 2.93. The summed E-state index contributed by atoms with van der Waals surface area (Å²) < 4.78 is 6.74. The van der Waals surface area contributed by atoms with Crippen molar-refractivity contribution in [1.82, 2.24) is 5.32 Å². The Morgan fingerprint density at radius 2 is 1.82 bits per heavy atom. The van der Waals surface area contributed by atoms with Gasteiger partial charge in [0.2, 0.25) is 0 Å². The maximum atomic E-state index is 5.54. The highest BCUT2D eigenvalue weighted by atomic mass is 79.9. The molecule has 1 atom stereocenters. The van der Waals surface area contributed by atoms with Crippen LogP contribution in [0.15, 0.2) is 16.6 Å². The van der Waals surface area contributed by atoms with E-state index < -0.39 is 0 Å². The van der Waals surface area contributed by atoms with E-state index in [0.717, 1.165) is 19.8 Å². The molecule has 96 valence electrons. The number of rotatable bonds is 6. The molecule has 0 aromatic heterocycles. The molecule has 17 heavy (non-hydrogen) atoms. The smallest absolute Gasteiger partial charge is 0.0661 e. The molecule has 0 aliphatic rings. The topological polar surface area (TPSA) is 21.3 Å². The molecule has 0 saturated heterocycles. The molecule has 0 fully saturated rings. The van der Waals surface area contributed by atoms with Crippen molar-refractivity contribution in [2.24, 2.45) is 0 Å². The predicted octanol–water partition coefficient (Wildman–Crippen LogP) is 3.75. The van der Waals surface area contributed by atoms with E-state index in [0.29, 0.717) is 0 Å². The molecule has 0 radical (unpaired) electrons. The number of benzene rings is 1. The molecular weight excluding hydrogens is 278 g/mol. The van der Waals surface area contributed by atoms with Crippen molar-refractivity contribution in [3.63, 3.8) is 0 Å². The first-order chi connectivity index (χ1) is 8.10. The first kappa shape index (κ1) is 14.7. The Morgan fingerprint density at radius 1 is 1.24 bits per heavy atom. The quantitative estimate of drug-likeness (QED) is 0.864. The van der Waals surface area contributed by atoms with Gasteiger partial charge in [-0.25, -0.2) is 0 Å². The molecule has 1 rings (SSSR count). The van der Waals surface area contributed by atoms with E-state index in [2.05, 4.69) is 54.2 Å². The van der Waals surface area contributed by atoms with Gasteiger partial charge in [0.25, 0.3) is 0 Å². The van der Waals surface area contributed by atoms with Gasteiger partial charge in [-0.1, -0.05) is 35.0 Å². The van der Waals surface area contributed by atoms with Crippen molar-refractivity contribution >= 4 is 15.9 Å². The van der Waals surface area contributed by atoms with Crippen molar-refractivity contribution in [2.75, 3.05) is 19.8 Å². The fourth-order valence-electron chi connectivity index (χ4n) is 1.94. The van der Waals surface area contributed by atoms with Crippen LogP contribution in [0.4, 0.5) is 0 Å². The van der Waals surface area contributed by atoms with Crippen LogP contribution in [-0.2, 0) is 4.74 Å².